The van der Waals surface area contributed by atoms with Crippen molar-refractivity contribution >= 4 is 0 Å². The van der Waals surface area contributed by atoms with Crippen LogP contribution < -0.4 is 5.32 Å². The second-order valence-electron chi connectivity index (χ2n) is 6.18. The van der Waals surface area contributed by atoms with Crippen molar-refractivity contribution in [2.24, 2.45) is 5.92 Å². The zero-order valence-electron chi connectivity index (χ0n) is 11.4. The summed E-state index contributed by atoms with van der Waals surface area (Å²) in [6.07, 6.45) is 6.95. The Morgan fingerprint density at radius 1 is 1.29 bits per heavy atom. The minimum absolute atomic E-state index is 0.384. The van der Waals surface area contributed by atoms with Gasteiger partial charge in [0.05, 0.1) is 5.60 Å². The van der Waals surface area contributed by atoms with E-state index in [0.717, 1.165) is 32.5 Å². The molecule has 2 atom stereocenters. The monoisotopic (exact) mass is 240 g/mol. The molecular formula is C14H28N2O. The molecule has 2 N–H and O–H groups in total. The summed E-state index contributed by atoms with van der Waals surface area (Å²) in [5.41, 5.74) is -0.384. The molecule has 1 aliphatic heterocycles. The second kappa shape index (κ2) is 5.68. The van der Waals surface area contributed by atoms with Gasteiger partial charge in [-0.2, -0.15) is 0 Å². The molecule has 2 fully saturated rings. The van der Waals surface area contributed by atoms with Gasteiger partial charge in [0.1, 0.15) is 0 Å². The van der Waals surface area contributed by atoms with E-state index in [-0.39, 0.29) is 5.60 Å². The molecule has 0 aromatic rings. The molecule has 2 aliphatic rings. The maximum Gasteiger partial charge on any atom is 0.0774 e. The highest BCUT2D eigenvalue weighted by Gasteiger charge is 2.34. The lowest BCUT2D eigenvalue weighted by Crippen LogP contribution is -2.52. The highest BCUT2D eigenvalue weighted by molar-refractivity contribution is 4.89. The van der Waals surface area contributed by atoms with Crippen LogP contribution in [-0.2, 0) is 0 Å². The first-order valence-corrected chi connectivity index (χ1v) is 7.25. The molecule has 1 aliphatic carbocycles. The lowest BCUT2D eigenvalue weighted by molar-refractivity contribution is -0.0359. The molecule has 3 nitrogen and oxygen atoms in total. The predicted octanol–water partition coefficient (Wildman–Crippen LogP) is 1.61. The Hall–Kier alpha value is -0.120. The van der Waals surface area contributed by atoms with Crippen LogP contribution in [0.3, 0.4) is 0 Å². The van der Waals surface area contributed by atoms with Crippen molar-refractivity contribution in [1.29, 1.82) is 0 Å². The van der Waals surface area contributed by atoms with Crippen molar-refractivity contribution in [3.63, 3.8) is 0 Å². The van der Waals surface area contributed by atoms with Crippen LogP contribution in [0.1, 0.15) is 45.4 Å². The number of β-amino-alcohol motifs (C(OH)–C–C–N with tert-alkyl or cyclic N) is 1. The summed E-state index contributed by atoms with van der Waals surface area (Å²) in [4.78, 5) is 2.48. The van der Waals surface area contributed by atoms with E-state index >= 15 is 0 Å². The molecule has 17 heavy (non-hydrogen) atoms. The van der Waals surface area contributed by atoms with Gasteiger partial charge in [-0.05, 0) is 38.8 Å². The molecule has 0 aromatic carbocycles. The summed E-state index contributed by atoms with van der Waals surface area (Å²) in [5, 5.41) is 14.0. The largest absolute Gasteiger partial charge is 0.389 e. The van der Waals surface area contributed by atoms with Crippen molar-refractivity contribution in [2.45, 2.75) is 57.1 Å². The molecule has 1 saturated heterocycles. The Bertz CT molecular complexity index is 238. The van der Waals surface area contributed by atoms with Crippen molar-refractivity contribution in [3.05, 3.63) is 0 Å². The van der Waals surface area contributed by atoms with Gasteiger partial charge >= 0.3 is 0 Å². The minimum Gasteiger partial charge on any atom is -0.389 e. The standard InChI is InChI=1S/C14H28N2O/c1-12-10-16(9-6-13(12)15-2)11-14(17)7-4-3-5-8-14/h12-13,15,17H,3-11H2,1-2H3. The number of nitrogens with one attached hydrogen (secondary N) is 1. The Kier molecular flexibility index (Phi) is 4.45. The van der Waals surface area contributed by atoms with E-state index in [1.54, 1.807) is 0 Å². The summed E-state index contributed by atoms with van der Waals surface area (Å²) >= 11 is 0. The third kappa shape index (κ3) is 3.43. The van der Waals surface area contributed by atoms with Gasteiger partial charge in [-0.25, -0.2) is 0 Å². The summed E-state index contributed by atoms with van der Waals surface area (Å²) in [6.45, 7) is 5.48. The van der Waals surface area contributed by atoms with E-state index < -0.39 is 0 Å². The van der Waals surface area contributed by atoms with Gasteiger partial charge in [0, 0.05) is 19.1 Å². The third-order valence-corrected chi connectivity index (χ3v) is 4.66. The first kappa shape index (κ1) is 13.3. The molecule has 1 heterocycles. The van der Waals surface area contributed by atoms with Crippen molar-refractivity contribution < 1.29 is 5.11 Å². The number of hydrogen-bond donors (Lipinski definition) is 2. The highest BCUT2D eigenvalue weighted by Crippen LogP contribution is 2.30. The van der Waals surface area contributed by atoms with Crippen LogP contribution >= 0.6 is 0 Å². The highest BCUT2D eigenvalue weighted by atomic mass is 16.3. The normalized spacial score (nSPS) is 34.8. The van der Waals surface area contributed by atoms with Crippen LogP contribution in [0.15, 0.2) is 0 Å². The SMILES string of the molecule is CNC1CCN(CC2(O)CCCCC2)CC1C. The van der Waals surface area contributed by atoms with E-state index in [1.807, 2.05) is 0 Å². The van der Waals surface area contributed by atoms with Crippen LogP contribution in [0.5, 0.6) is 0 Å². The fourth-order valence-electron chi connectivity index (χ4n) is 3.59. The van der Waals surface area contributed by atoms with Crippen LogP contribution in [0.25, 0.3) is 0 Å². The topological polar surface area (TPSA) is 35.5 Å². The van der Waals surface area contributed by atoms with Crippen molar-refractivity contribution in [3.8, 4) is 0 Å². The average Bonchev–Trinajstić information content (AvgIpc) is 2.29. The molecule has 0 spiro atoms. The Balaban J connectivity index is 1.83. The maximum absolute atomic E-state index is 10.6. The van der Waals surface area contributed by atoms with Gasteiger partial charge in [-0.3, -0.25) is 0 Å². The lowest BCUT2D eigenvalue weighted by atomic mass is 9.83. The molecule has 2 unspecified atom stereocenters. The quantitative estimate of drug-likeness (QED) is 0.787. The van der Waals surface area contributed by atoms with Gasteiger partial charge in [0.2, 0.25) is 0 Å². The number of aliphatic hydroxyl groups is 1. The molecule has 0 bridgehead atoms. The molecule has 3 heteroatoms. The Labute approximate surface area is 106 Å². The Morgan fingerprint density at radius 3 is 2.59 bits per heavy atom. The van der Waals surface area contributed by atoms with Gasteiger partial charge in [0.15, 0.2) is 0 Å². The van der Waals surface area contributed by atoms with Crippen LogP contribution in [0.4, 0.5) is 0 Å². The lowest BCUT2D eigenvalue weighted by Gasteiger charge is -2.42. The van der Waals surface area contributed by atoms with Gasteiger partial charge in [-0.15, -0.1) is 0 Å². The first-order chi connectivity index (χ1) is 8.13. The first-order valence-electron chi connectivity index (χ1n) is 7.25. The number of likely N-dealkylation sites (tertiary alicyclic amines) is 1. The van der Waals surface area contributed by atoms with Crippen molar-refractivity contribution in [1.82, 2.24) is 10.2 Å². The van der Waals surface area contributed by atoms with Crippen LogP contribution in [-0.4, -0.2) is 48.3 Å². The number of rotatable bonds is 3. The molecule has 2 rings (SSSR count). The minimum atomic E-state index is -0.384. The zero-order valence-corrected chi connectivity index (χ0v) is 11.4. The van der Waals surface area contributed by atoms with E-state index in [4.69, 9.17) is 0 Å². The Morgan fingerprint density at radius 2 is 2.00 bits per heavy atom. The molecule has 0 aromatic heterocycles. The second-order valence-corrected chi connectivity index (χ2v) is 6.18. The molecule has 0 amide bonds. The van der Waals surface area contributed by atoms with E-state index in [1.165, 1.54) is 25.7 Å². The summed E-state index contributed by atoms with van der Waals surface area (Å²) in [7, 11) is 2.06. The van der Waals surface area contributed by atoms with E-state index in [2.05, 4.69) is 24.2 Å². The van der Waals surface area contributed by atoms with Crippen LogP contribution in [0.2, 0.25) is 0 Å². The average molecular weight is 240 g/mol. The zero-order chi connectivity index (χ0) is 12.3. The molecule has 100 valence electrons. The van der Waals surface area contributed by atoms with Gasteiger partial charge < -0.3 is 15.3 Å². The van der Waals surface area contributed by atoms with Crippen LogP contribution in [0, 0.1) is 5.92 Å². The maximum atomic E-state index is 10.6. The fourth-order valence-corrected chi connectivity index (χ4v) is 3.59. The van der Waals surface area contributed by atoms with Crippen molar-refractivity contribution in [2.75, 3.05) is 26.7 Å². The molecule has 1 saturated carbocycles. The molecule has 0 radical (unpaired) electrons. The smallest absolute Gasteiger partial charge is 0.0774 e. The fraction of sp³-hybridized carbons (Fsp3) is 1.00. The van der Waals surface area contributed by atoms with E-state index in [9.17, 15) is 5.11 Å². The summed E-state index contributed by atoms with van der Waals surface area (Å²) in [6, 6.07) is 0.659. The number of piperidine rings is 1. The third-order valence-electron chi connectivity index (χ3n) is 4.66. The van der Waals surface area contributed by atoms with Gasteiger partial charge in [-0.1, -0.05) is 26.2 Å². The van der Waals surface area contributed by atoms with Gasteiger partial charge in [0.25, 0.3) is 0 Å². The number of hydrogen-bond acceptors (Lipinski definition) is 3. The summed E-state index contributed by atoms with van der Waals surface area (Å²) in [5.74, 6) is 0.695. The van der Waals surface area contributed by atoms with E-state index in [0.29, 0.717) is 12.0 Å². The summed E-state index contributed by atoms with van der Waals surface area (Å²) < 4.78 is 0. The predicted molar refractivity (Wildman–Crippen MR) is 71.1 cm³/mol. The number of nitrogens with zero attached hydrogens (tertiary/aromatic N) is 1. The molecular weight excluding hydrogens is 212 g/mol.